The van der Waals surface area contributed by atoms with Gasteiger partial charge in [-0.25, -0.2) is 0 Å². The predicted molar refractivity (Wildman–Crippen MR) is 120 cm³/mol. The van der Waals surface area contributed by atoms with Crippen molar-refractivity contribution in [2.24, 2.45) is 0 Å². The molecule has 0 aliphatic carbocycles. The molecule has 3 aromatic carbocycles. The number of anilines is 3. The maximum absolute atomic E-state index is 12.7. The fourth-order valence-corrected chi connectivity index (χ4v) is 2.85. The van der Waals surface area contributed by atoms with Crippen LogP contribution in [-0.2, 0) is 4.79 Å². The minimum absolute atomic E-state index is 0.0298. The van der Waals surface area contributed by atoms with Crippen LogP contribution in [0.4, 0.5) is 17.1 Å². The summed E-state index contributed by atoms with van der Waals surface area (Å²) in [5, 5.41) is 8.74. The van der Waals surface area contributed by atoms with E-state index in [1.807, 2.05) is 44.2 Å². The van der Waals surface area contributed by atoms with Crippen molar-refractivity contribution in [3.05, 3.63) is 83.9 Å². The molecule has 0 aromatic heterocycles. The normalized spacial score (nSPS) is 10.2. The summed E-state index contributed by atoms with van der Waals surface area (Å²) in [6.45, 7) is 4.53. The molecule has 0 radical (unpaired) electrons. The monoisotopic (exact) mass is 403 g/mol. The van der Waals surface area contributed by atoms with Gasteiger partial charge in [-0.05, 0) is 62.4 Å². The summed E-state index contributed by atoms with van der Waals surface area (Å²) < 4.78 is 5.39. The van der Waals surface area contributed by atoms with Crippen LogP contribution in [0, 0.1) is 6.92 Å². The molecule has 0 saturated heterocycles. The summed E-state index contributed by atoms with van der Waals surface area (Å²) in [4.78, 5) is 25.0. The number of carbonyl (C=O) groups is 2. The number of aryl methyl sites for hydroxylation is 1. The van der Waals surface area contributed by atoms with Gasteiger partial charge in [-0.1, -0.05) is 29.8 Å². The predicted octanol–water partition coefficient (Wildman–Crippen LogP) is 4.70. The number of amides is 2. The molecule has 6 nitrogen and oxygen atoms in total. The maximum atomic E-state index is 12.7. The molecule has 0 bridgehead atoms. The molecule has 0 fully saturated rings. The Morgan fingerprint density at radius 2 is 1.47 bits per heavy atom. The van der Waals surface area contributed by atoms with Crippen LogP contribution in [0.15, 0.2) is 72.8 Å². The fourth-order valence-electron chi connectivity index (χ4n) is 2.85. The Labute approximate surface area is 176 Å². The Morgan fingerprint density at radius 3 is 2.17 bits per heavy atom. The number of carbonyl (C=O) groups excluding carboxylic acids is 2. The van der Waals surface area contributed by atoms with Gasteiger partial charge < -0.3 is 20.7 Å². The smallest absolute Gasteiger partial charge is 0.257 e. The molecule has 30 heavy (non-hydrogen) atoms. The van der Waals surface area contributed by atoms with Crippen molar-refractivity contribution >= 4 is 28.9 Å². The molecule has 2 amide bonds. The Bertz CT molecular complexity index is 999. The second kappa shape index (κ2) is 10.1. The lowest BCUT2D eigenvalue weighted by Gasteiger charge is -2.13. The van der Waals surface area contributed by atoms with Crippen molar-refractivity contribution in [2.45, 2.75) is 13.8 Å². The molecule has 3 rings (SSSR count). The van der Waals surface area contributed by atoms with Gasteiger partial charge in [0, 0.05) is 17.1 Å². The summed E-state index contributed by atoms with van der Waals surface area (Å²) in [7, 11) is 0. The fraction of sp³-hybridized carbons (Fsp3) is 0.167. The van der Waals surface area contributed by atoms with Crippen molar-refractivity contribution in [1.29, 1.82) is 0 Å². The molecule has 0 saturated carbocycles. The summed E-state index contributed by atoms with van der Waals surface area (Å²) in [6.07, 6.45) is 0. The highest BCUT2D eigenvalue weighted by molar-refractivity contribution is 6.08. The zero-order valence-electron chi connectivity index (χ0n) is 17.1. The molecule has 3 N–H and O–H groups in total. The van der Waals surface area contributed by atoms with Crippen molar-refractivity contribution in [3.8, 4) is 5.75 Å². The number of rotatable bonds is 8. The standard InChI is InChI=1S/C24H25N3O3/c1-3-30-20-14-12-18(13-15-20)26-23(28)16-25-22-7-5-4-6-21(22)24(29)27-19-10-8-17(2)9-11-19/h4-15,25H,3,16H2,1-2H3,(H,26,28)(H,27,29). The first-order valence-electron chi connectivity index (χ1n) is 9.79. The van der Waals surface area contributed by atoms with Crippen LogP contribution in [-0.4, -0.2) is 25.0 Å². The van der Waals surface area contributed by atoms with Gasteiger partial charge in [-0.2, -0.15) is 0 Å². The van der Waals surface area contributed by atoms with Gasteiger partial charge in [-0.15, -0.1) is 0 Å². The van der Waals surface area contributed by atoms with Gasteiger partial charge in [0.2, 0.25) is 5.91 Å². The van der Waals surface area contributed by atoms with Gasteiger partial charge in [0.15, 0.2) is 0 Å². The van der Waals surface area contributed by atoms with Crippen LogP contribution in [0.3, 0.4) is 0 Å². The van der Waals surface area contributed by atoms with Crippen LogP contribution in [0.1, 0.15) is 22.8 Å². The highest BCUT2D eigenvalue weighted by Gasteiger charge is 2.12. The van der Waals surface area contributed by atoms with Gasteiger partial charge in [0.05, 0.1) is 18.7 Å². The summed E-state index contributed by atoms with van der Waals surface area (Å²) in [6, 6.07) is 21.8. The number of hydrogen-bond acceptors (Lipinski definition) is 4. The van der Waals surface area contributed by atoms with Crippen LogP contribution in [0.25, 0.3) is 0 Å². The lowest BCUT2D eigenvalue weighted by Crippen LogP contribution is -2.23. The Hall–Kier alpha value is -3.80. The van der Waals surface area contributed by atoms with Gasteiger partial charge in [0.25, 0.3) is 5.91 Å². The van der Waals surface area contributed by atoms with Gasteiger partial charge in [0.1, 0.15) is 5.75 Å². The third-order valence-corrected chi connectivity index (χ3v) is 4.37. The molecule has 0 unspecified atom stereocenters. The van der Waals surface area contributed by atoms with Gasteiger partial charge >= 0.3 is 0 Å². The van der Waals surface area contributed by atoms with E-state index < -0.39 is 0 Å². The Balaban J connectivity index is 1.59. The van der Waals surface area contributed by atoms with Crippen molar-refractivity contribution < 1.29 is 14.3 Å². The van der Waals surface area contributed by atoms with Crippen LogP contribution in [0.5, 0.6) is 5.75 Å². The van der Waals surface area contributed by atoms with Crippen molar-refractivity contribution in [1.82, 2.24) is 0 Å². The van der Waals surface area contributed by atoms with Crippen molar-refractivity contribution in [3.63, 3.8) is 0 Å². The SMILES string of the molecule is CCOc1ccc(NC(=O)CNc2ccccc2C(=O)Nc2ccc(C)cc2)cc1. The molecule has 0 heterocycles. The molecular formula is C24H25N3O3. The zero-order chi connectivity index (χ0) is 21.3. The summed E-state index contributed by atoms with van der Waals surface area (Å²) in [5.41, 5.74) is 3.56. The topological polar surface area (TPSA) is 79.5 Å². The molecule has 0 aliphatic heterocycles. The first kappa shape index (κ1) is 20.9. The molecule has 6 heteroatoms. The van der Waals surface area contributed by atoms with E-state index in [4.69, 9.17) is 4.74 Å². The highest BCUT2D eigenvalue weighted by Crippen LogP contribution is 2.18. The van der Waals surface area contributed by atoms with E-state index in [2.05, 4.69) is 16.0 Å². The third kappa shape index (κ3) is 5.85. The lowest BCUT2D eigenvalue weighted by atomic mass is 10.1. The Kier molecular flexibility index (Phi) is 7.05. The van der Waals surface area contributed by atoms with E-state index in [9.17, 15) is 9.59 Å². The molecular weight excluding hydrogens is 378 g/mol. The van der Waals surface area contributed by atoms with E-state index in [1.165, 1.54) is 0 Å². The average molecular weight is 403 g/mol. The minimum Gasteiger partial charge on any atom is -0.494 e. The highest BCUT2D eigenvalue weighted by atomic mass is 16.5. The Morgan fingerprint density at radius 1 is 0.833 bits per heavy atom. The quantitative estimate of drug-likeness (QED) is 0.509. The van der Waals surface area contributed by atoms with Crippen LogP contribution < -0.4 is 20.7 Å². The average Bonchev–Trinajstić information content (AvgIpc) is 2.75. The van der Waals surface area contributed by atoms with E-state index in [0.29, 0.717) is 29.2 Å². The van der Waals surface area contributed by atoms with E-state index in [-0.39, 0.29) is 18.4 Å². The largest absolute Gasteiger partial charge is 0.494 e. The van der Waals surface area contributed by atoms with Crippen LogP contribution in [0.2, 0.25) is 0 Å². The van der Waals surface area contributed by atoms with Crippen molar-refractivity contribution in [2.75, 3.05) is 29.1 Å². The zero-order valence-corrected chi connectivity index (χ0v) is 17.1. The van der Waals surface area contributed by atoms with E-state index >= 15 is 0 Å². The number of benzene rings is 3. The number of para-hydroxylation sites is 1. The molecule has 0 atom stereocenters. The molecule has 3 aromatic rings. The molecule has 0 spiro atoms. The second-order valence-electron chi connectivity index (χ2n) is 6.72. The summed E-state index contributed by atoms with van der Waals surface area (Å²) >= 11 is 0. The molecule has 154 valence electrons. The first-order chi connectivity index (χ1) is 14.5. The van der Waals surface area contributed by atoms with E-state index in [0.717, 1.165) is 11.3 Å². The third-order valence-electron chi connectivity index (χ3n) is 4.37. The first-order valence-corrected chi connectivity index (χ1v) is 9.79. The summed E-state index contributed by atoms with van der Waals surface area (Å²) in [5.74, 6) is 0.295. The lowest BCUT2D eigenvalue weighted by molar-refractivity contribution is -0.114. The second-order valence-corrected chi connectivity index (χ2v) is 6.72. The minimum atomic E-state index is -0.242. The maximum Gasteiger partial charge on any atom is 0.257 e. The number of nitrogens with one attached hydrogen (secondary N) is 3. The van der Waals surface area contributed by atoms with Crippen LogP contribution >= 0.6 is 0 Å². The number of hydrogen-bond donors (Lipinski definition) is 3. The van der Waals surface area contributed by atoms with E-state index in [1.54, 1.807) is 42.5 Å². The molecule has 0 aliphatic rings. The number of ether oxygens (including phenoxy) is 1. The van der Waals surface area contributed by atoms with Gasteiger partial charge in [-0.3, -0.25) is 9.59 Å².